The summed E-state index contributed by atoms with van der Waals surface area (Å²) in [6.45, 7) is 8.93. The van der Waals surface area contributed by atoms with Gasteiger partial charge in [-0.1, -0.05) is 27.7 Å². The van der Waals surface area contributed by atoms with E-state index in [9.17, 15) is 0 Å². The number of aromatic nitrogens is 2. The van der Waals surface area contributed by atoms with Crippen LogP contribution in [0.4, 0.5) is 0 Å². The molecule has 2 heteroatoms. The van der Waals surface area contributed by atoms with Gasteiger partial charge in [0, 0.05) is 18.7 Å². The second-order valence-electron chi connectivity index (χ2n) is 4.25. The minimum absolute atomic E-state index is 0.182. The Kier molecular flexibility index (Phi) is 2.27. The zero-order valence-corrected chi connectivity index (χ0v) is 8.63. The maximum atomic E-state index is 4.42. The lowest BCUT2D eigenvalue weighted by molar-refractivity contribution is 0.359. The summed E-state index contributed by atoms with van der Waals surface area (Å²) in [5, 5.41) is 4.42. The minimum atomic E-state index is 0.182. The van der Waals surface area contributed by atoms with Gasteiger partial charge in [0.15, 0.2) is 0 Å². The van der Waals surface area contributed by atoms with Gasteiger partial charge in [-0.05, 0) is 12.0 Å². The van der Waals surface area contributed by atoms with Gasteiger partial charge in [-0.25, -0.2) is 0 Å². The second-order valence-corrected chi connectivity index (χ2v) is 4.25. The van der Waals surface area contributed by atoms with Gasteiger partial charge in [0.1, 0.15) is 0 Å². The van der Waals surface area contributed by atoms with E-state index in [1.54, 1.807) is 0 Å². The molecule has 0 aliphatic rings. The molecule has 0 amide bonds. The molecule has 0 N–H and O–H groups in total. The molecule has 0 spiro atoms. The van der Waals surface area contributed by atoms with Gasteiger partial charge >= 0.3 is 0 Å². The molecule has 1 heterocycles. The second kappa shape index (κ2) is 2.92. The highest BCUT2D eigenvalue weighted by atomic mass is 15.2. The van der Waals surface area contributed by atoms with Crippen LogP contribution >= 0.6 is 0 Å². The van der Waals surface area contributed by atoms with Gasteiger partial charge in [-0.2, -0.15) is 5.10 Å². The van der Waals surface area contributed by atoms with E-state index in [4.69, 9.17) is 0 Å². The topological polar surface area (TPSA) is 17.8 Å². The van der Waals surface area contributed by atoms with Crippen molar-refractivity contribution in [1.29, 1.82) is 0 Å². The van der Waals surface area contributed by atoms with Crippen LogP contribution in [0.25, 0.3) is 0 Å². The van der Waals surface area contributed by atoms with Crippen molar-refractivity contribution in [3.05, 3.63) is 18.0 Å². The van der Waals surface area contributed by atoms with E-state index >= 15 is 0 Å². The summed E-state index contributed by atoms with van der Waals surface area (Å²) in [5.74, 6) is 0.618. The van der Waals surface area contributed by atoms with Crippen molar-refractivity contribution in [3.63, 3.8) is 0 Å². The highest BCUT2D eigenvalue weighted by Gasteiger charge is 2.26. The largest absolute Gasteiger partial charge is 0.276 e. The van der Waals surface area contributed by atoms with E-state index in [0.717, 1.165) is 0 Å². The molecule has 0 fully saturated rings. The molecule has 0 saturated heterocycles. The molecule has 12 heavy (non-hydrogen) atoms. The van der Waals surface area contributed by atoms with Crippen LogP contribution in [-0.2, 0) is 12.5 Å². The van der Waals surface area contributed by atoms with E-state index in [-0.39, 0.29) is 5.41 Å². The molecule has 0 aliphatic heterocycles. The molecule has 0 atom stereocenters. The summed E-state index contributed by atoms with van der Waals surface area (Å²) in [6, 6.07) is 2.10. The molecule has 0 unspecified atom stereocenters. The molecule has 68 valence electrons. The molecule has 0 bridgehead atoms. The van der Waals surface area contributed by atoms with Crippen molar-refractivity contribution >= 4 is 0 Å². The van der Waals surface area contributed by atoms with E-state index in [1.807, 2.05) is 17.9 Å². The summed E-state index contributed by atoms with van der Waals surface area (Å²) in [6.07, 6.45) is 2.00. The third-order valence-electron chi connectivity index (χ3n) is 2.82. The smallest absolute Gasteiger partial charge is 0.0683 e. The predicted molar refractivity (Wildman–Crippen MR) is 51.1 cm³/mol. The normalized spacial score (nSPS) is 12.5. The number of hydrogen-bond donors (Lipinski definition) is 0. The maximum absolute atomic E-state index is 4.42. The van der Waals surface area contributed by atoms with Crippen LogP contribution in [0, 0.1) is 5.92 Å². The van der Waals surface area contributed by atoms with Gasteiger partial charge in [0.25, 0.3) is 0 Å². The van der Waals surface area contributed by atoms with Crippen LogP contribution in [0.2, 0.25) is 0 Å². The molecule has 1 aromatic rings. The Labute approximate surface area is 74.6 Å². The third kappa shape index (κ3) is 1.52. The average Bonchev–Trinajstić information content (AvgIpc) is 2.35. The Morgan fingerprint density at radius 3 is 2.33 bits per heavy atom. The highest BCUT2D eigenvalue weighted by Crippen LogP contribution is 2.29. The van der Waals surface area contributed by atoms with Crippen molar-refractivity contribution in [2.24, 2.45) is 13.0 Å². The van der Waals surface area contributed by atoms with Crippen LogP contribution in [0.3, 0.4) is 0 Å². The zero-order chi connectivity index (χ0) is 9.35. The number of hydrogen-bond acceptors (Lipinski definition) is 1. The zero-order valence-electron chi connectivity index (χ0n) is 8.63. The summed E-state index contributed by atoms with van der Waals surface area (Å²) in [4.78, 5) is 0. The quantitative estimate of drug-likeness (QED) is 0.659. The molecule has 1 aromatic heterocycles. The molecule has 0 aromatic carbocycles. The molecule has 2 nitrogen and oxygen atoms in total. The summed E-state index contributed by atoms with van der Waals surface area (Å²) in [7, 11) is 1.96. The first kappa shape index (κ1) is 9.30. The summed E-state index contributed by atoms with van der Waals surface area (Å²) >= 11 is 0. The van der Waals surface area contributed by atoms with Crippen molar-refractivity contribution in [2.45, 2.75) is 33.1 Å². The van der Waals surface area contributed by atoms with E-state index in [0.29, 0.717) is 5.92 Å². The van der Waals surface area contributed by atoms with E-state index in [2.05, 4.69) is 38.9 Å². The molecule has 0 radical (unpaired) electrons. The fraction of sp³-hybridized carbons (Fsp3) is 0.700. The Morgan fingerprint density at radius 2 is 2.00 bits per heavy atom. The van der Waals surface area contributed by atoms with E-state index in [1.165, 1.54) is 5.69 Å². The maximum Gasteiger partial charge on any atom is 0.0683 e. The summed E-state index contributed by atoms with van der Waals surface area (Å²) < 4.78 is 1.86. The number of rotatable bonds is 2. The van der Waals surface area contributed by atoms with Gasteiger partial charge in [-0.3, -0.25) is 4.68 Å². The molecule has 1 rings (SSSR count). The summed E-state index contributed by atoms with van der Waals surface area (Å²) in [5.41, 5.74) is 1.36. The SMILES string of the molecule is CC(C)C(C)(C)c1ccn(C)n1. The van der Waals surface area contributed by atoms with E-state index < -0.39 is 0 Å². The van der Waals surface area contributed by atoms with Gasteiger partial charge in [0.05, 0.1) is 5.69 Å². The first-order valence-electron chi connectivity index (χ1n) is 4.44. The number of aryl methyl sites for hydroxylation is 1. The molecule has 0 aliphatic carbocycles. The van der Waals surface area contributed by atoms with Crippen molar-refractivity contribution in [3.8, 4) is 0 Å². The first-order chi connectivity index (χ1) is 5.44. The Bertz CT molecular complexity index is 259. The monoisotopic (exact) mass is 166 g/mol. The first-order valence-corrected chi connectivity index (χ1v) is 4.44. The lowest BCUT2D eigenvalue weighted by atomic mass is 9.78. The van der Waals surface area contributed by atoms with Crippen LogP contribution in [0.5, 0.6) is 0 Å². The van der Waals surface area contributed by atoms with Crippen molar-refractivity contribution in [2.75, 3.05) is 0 Å². The molecular weight excluding hydrogens is 148 g/mol. The standard InChI is InChI=1S/C10H18N2/c1-8(2)10(3,4)9-6-7-12(5)11-9/h6-8H,1-5H3. The minimum Gasteiger partial charge on any atom is -0.276 e. The third-order valence-corrected chi connectivity index (χ3v) is 2.82. The van der Waals surface area contributed by atoms with Gasteiger partial charge in [-0.15, -0.1) is 0 Å². The fourth-order valence-corrected chi connectivity index (χ4v) is 1.05. The van der Waals surface area contributed by atoms with Crippen LogP contribution in [0.1, 0.15) is 33.4 Å². The van der Waals surface area contributed by atoms with Gasteiger partial charge in [0.2, 0.25) is 0 Å². The van der Waals surface area contributed by atoms with Crippen LogP contribution in [0.15, 0.2) is 12.3 Å². The van der Waals surface area contributed by atoms with Crippen LogP contribution < -0.4 is 0 Å². The van der Waals surface area contributed by atoms with Crippen LogP contribution in [-0.4, -0.2) is 9.78 Å². The molecule has 0 saturated carbocycles. The van der Waals surface area contributed by atoms with Crippen molar-refractivity contribution in [1.82, 2.24) is 9.78 Å². The predicted octanol–water partition coefficient (Wildman–Crippen LogP) is 2.35. The lowest BCUT2D eigenvalue weighted by Crippen LogP contribution is -2.25. The van der Waals surface area contributed by atoms with Crippen molar-refractivity contribution < 1.29 is 0 Å². The Morgan fingerprint density at radius 1 is 1.42 bits per heavy atom. The van der Waals surface area contributed by atoms with Gasteiger partial charge < -0.3 is 0 Å². The Hall–Kier alpha value is -0.790. The average molecular weight is 166 g/mol. The number of nitrogens with zero attached hydrogens (tertiary/aromatic N) is 2. The molecular formula is C10H18N2. The fourth-order valence-electron chi connectivity index (χ4n) is 1.05. The lowest BCUT2D eigenvalue weighted by Gasteiger charge is -2.26. The highest BCUT2D eigenvalue weighted by molar-refractivity contribution is 5.12. The Balaban J connectivity index is 2.97.